The van der Waals surface area contributed by atoms with Crippen LogP contribution in [-0.2, 0) is 23.5 Å². The minimum Gasteiger partial charge on any atom is -0.350 e. The van der Waals surface area contributed by atoms with Crippen LogP contribution in [0.15, 0.2) is 24.4 Å². The molecule has 7 heteroatoms. The standard InChI is InChI=1S/C17H25N3O2S.ClH/c1-19-8-7-14(11-19)16-12-20(2)17-6-5-13(10-15(16)17)4-3-9-23(18,21)22;/h5-6,10,12,14H,3-4,7-9,11H2,1-2H3,(H2,18,21,22);1H. The minimum atomic E-state index is -3.37. The number of rotatable bonds is 5. The van der Waals surface area contributed by atoms with Gasteiger partial charge < -0.3 is 9.47 Å². The fourth-order valence-corrected chi connectivity index (χ4v) is 4.16. The first kappa shape index (κ1) is 19.2. The number of aryl methyl sites for hydroxylation is 2. The molecule has 5 nitrogen and oxygen atoms in total. The van der Waals surface area contributed by atoms with Crippen molar-refractivity contribution in [3.05, 3.63) is 35.5 Å². The van der Waals surface area contributed by atoms with E-state index in [0.717, 1.165) is 19.5 Å². The molecular formula is C17H26ClN3O2S. The number of likely N-dealkylation sites (tertiary alicyclic amines) is 1. The maximum atomic E-state index is 11.1. The lowest BCUT2D eigenvalue weighted by atomic mass is 9.96. The summed E-state index contributed by atoms with van der Waals surface area (Å²) in [5, 5.41) is 6.38. The summed E-state index contributed by atoms with van der Waals surface area (Å²) >= 11 is 0. The summed E-state index contributed by atoms with van der Waals surface area (Å²) in [6.07, 6.45) is 4.76. The zero-order chi connectivity index (χ0) is 16.6. The van der Waals surface area contributed by atoms with Gasteiger partial charge >= 0.3 is 0 Å². The van der Waals surface area contributed by atoms with Gasteiger partial charge in [0, 0.05) is 30.7 Å². The number of primary sulfonamides is 1. The van der Waals surface area contributed by atoms with E-state index in [1.807, 2.05) is 0 Å². The van der Waals surface area contributed by atoms with Crippen LogP contribution < -0.4 is 5.14 Å². The van der Waals surface area contributed by atoms with Crippen LogP contribution >= 0.6 is 12.4 Å². The van der Waals surface area contributed by atoms with Crippen molar-refractivity contribution in [2.24, 2.45) is 12.2 Å². The van der Waals surface area contributed by atoms with Crippen molar-refractivity contribution in [1.29, 1.82) is 0 Å². The molecule has 134 valence electrons. The lowest BCUT2D eigenvalue weighted by Crippen LogP contribution is -2.16. The molecule has 1 aromatic carbocycles. The molecule has 2 N–H and O–H groups in total. The maximum absolute atomic E-state index is 11.1. The fourth-order valence-electron chi connectivity index (χ4n) is 3.62. The van der Waals surface area contributed by atoms with E-state index in [-0.39, 0.29) is 18.2 Å². The van der Waals surface area contributed by atoms with E-state index in [2.05, 4.69) is 48.0 Å². The number of halogens is 1. The lowest BCUT2D eigenvalue weighted by Gasteiger charge is -2.10. The number of aromatic nitrogens is 1. The Labute approximate surface area is 150 Å². The Morgan fingerprint density at radius 2 is 2.04 bits per heavy atom. The zero-order valence-corrected chi connectivity index (χ0v) is 15.9. The Morgan fingerprint density at radius 1 is 1.29 bits per heavy atom. The Hall–Kier alpha value is -1.08. The lowest BCUT2D eigenvalue weighted by molar-refractivity contribution is 0.412. The molecule has 0 radical (unpaired) electrons. The molecule has 2 aromatic rings. The smallest absolute Gasteiger partial charge is 0.209 e. The summed E-state index contributed by atoms with van der Waals surface area (Å²) in [6.45, 7) is 2.25. The van der Waals surface area contributed by atoms with Crippen molar-refractivity contribution in [3.63, 3.8) is 0 Å². The van der Waals surface area contributed by atoms with E-state index in [1.54, 1.807) is 0 Å². The van der Waals surface area contributed by atoms with E-state index in [9.17, 15) is 8.42 Å². The number of sulfonamides is 1. The summed E-state index contributed by atoms with van der Waals surface area (Å²) in [6, 6.07) is 6.46. The second kappa shape index (κ2) is 7.44. The topological polar surface area (TPSA) is 68.3 Å². The Morgan fingerprint density at radius 3 is 2.67 bits per heavy atom. The molecule has 1 unspecified atom stereocenters. The Balaban J connectivity index is 0.00000208. The Bertz CT molecular complexity index is 817. The fraction of sp³-hybridized carbons (Fsp3) is 0.529. The highest BCUT2D eigenvalue weighted by Gasteiger charge is 2.24. The van der Waals surface area contributed by atoms with Gasteiger partial charge in [-0.1, -0.05) is 6.07 Å². The molecule has 1 aromatic heterocycles. The van der Waals surface area contributed by atoms with Gasteiger partial charge in [-0.15, -0.1) is 12.4 Å². The average Bonchev–Trinajstić information content (AvgIpc) is 3.02. The number of hydrogen-bond donors (Lipinski definition) is 1. The van der Waals surface area contributed by atoms with Gasteiger partial charge in [0.15, 0.2) is 0 Å². The molecule has 2 heterocycles. The SMILES string of the molecule is CN1CCC(c2cn(C)c3ccc(CCCS(N)(=O)=O)cc23)C1.Cl. The van der Waals surface area contributed by atoms with Crippen molar-refractivity contribution >= 4 is 33.3 Å². The van der Waals surface area contributed by atoms with Crippen LogP contribution in [0.1, 0.15) is 29.9 Å². The summed E-state index contributed by atoms with van der Waals surface area (Å²) in [5.41, 5.74) is 3.84. The van der Waals surface area contributed by atoms with E-state index in [1.165, 1.54) is 28.5 Å². The van der Waals surface area contributed by atoms with Crippen LogP contribution in [0.2, 0.25) is 0 Å². The van der Waals surface area contributed by atoms with Crippen molar-refractivity contribution in [2.75, 3.05) is 25.9 Å². The second-order valence-electron chi connectivity index (χ2n) is 6.77. The summed E-state index contributed by atoms with van der Waals surface area (Å²) in [7, 11) is 0.889. The normalized spacial score (nSPS) is 18.9. The van der Waals surface area contributed by atoms with E-state index < -0.39 is 10.0 Å². The van der Waals surface area contributed by atoms with Crippen LogP contribution in [-0.4, -0.2) is 43.8 Å². The van der Waals surface area contributed by atoms with Gasteiger partial charge in [0.05, 0.1) is 5.75 Å². The number of hydrogen-bond acceptors (Lipinski definition) is 3. The van der Waals surface area contributed by atoms with Gasteiger partial charge in [-0.05, 0) is 62.0 Å². The molecule has 3 rings (SSSR count). The van der Waals surface area contributed by atoms with Crippen molar-refractivity contribution in [1.82, 2.24) is 9.47 Å². The van der Waals surface area contributed by atoms with Crippen molar-refractivity contribution < 1.29 is 8.42 Å². The molecule has 0 spiro atoms. The van der Waals surface area contributed by atoms with Crippen LogP contribution in [0.5, 0.6) is 0 Å². The third kappa shape index (κ3) is 4.30. The highest BCUT2D eigenvalue weighted by molar-refractivity contribution is 7.89. The van der Waals surface area contributed by atoms with Crippen LogP contribution in [0.4, 0.5) is 0 Å². The largest absolute Gasteiger partial charge is 0.350 e. The molecule has 0 aliphatic carbocycles. The predicted octanol–water partition coefficient (Wildman–Crippen LogP) is 2.24. The number of nitrogens with two attached hydrogens (primary N) is 1. The molecule has 1 saturated heterocycles. The third-order valence-corrected chi connectivity index (χ3v) is 5.67. The van der Waals surface area contributed by atoms with Crippen molar-refractivity contribution in [2.45, 2.75) is 25.2 Å². The van der Waals surface area contributed by atoms with Crippen LogP contribution in [0.3, 0.4) is 0 Å². The summed E-state index contributed by atoms with van der Waals surface area (Å²) < 4.78 is 24.3. The van der Waals surface area contributed by atoms with E-state index in [0.29, 0.717) is 12.3 Å². The quantitative estimate of drug-likeness (QED) is 0.876. The number of likely N-dealkylation sites (N-methyl/N-ethyl adjacent to an activating group) is 1. The van der Waals surface area contributed by atoms with Gasteiger partial charge in [-0.3, -0.25) is 0 Å². The summed E-state index contributed by atoms with van der Waals surface area (Å²) in [5.74, 6) is 0.628. The maximum Gasteiger partial charge on any atom is 0.209 e. The molecule has 0 saturated carbocycles. The molecule has 1 aliphatic rings. The summed E-state index contributed by atoms with van der Waals surface area (Å²) in [4.78, 5) is 2.37. The first-order valence-electron chi connectivity index (χ1n) is 8.10. The van der Waals surface area contributed by atoms with Gasteiger partial charge in [0.1, 0.15) is 0 Å². The zero-order valence-electron chi connectivity index (χ0n) is 14.2. The highest BCUT2D eigenvalue weighted by Crippen LogP contribution is 2.33. The molecular weight excluding hydrogens is 346 g/mol. The minimum absolute atomic E-state index is 0. The molecule has 1 atom stereocenters. The van der Waals surface area contributed by atoms with Gasteiger partial charge in [-0.2, -0.15) is 0 Å². The Kier molecular flexibility index (Phi) is 5.96. The average molecular weight is 372 g/mol. The molecule has 24 heavy (non-hydrogen) atoms. The highest BCUT2D eigenvalue weighted by atomic mass is 35.5. The number of fused-ring (bicyclic) bond motifs is 1. The van der Waals surface area contributed by atoms with Gasteiger partial charge in [-0.25, -0.2) is 13.6 Å². The number of benzene rings is 1. The monoisotopic (exact) mass is 371 g/mol. The van der Waals surface area contributed by atoms with E-state index >= 15 is 0 Å². The molecule has 1 fully saturated rings. The van der Waals surface area contributed by atoms with Gasteiger partial charge in [0.2, 0.25) is 10.0 Å². The predicted molar refractivity (Wildman–Crippen MR) is 101 cm³/mol. The van der Waals surface area contributed by atoms with E-state index in [4.69, 9.17) is 5.14 Å². The first-order chi connectivity index (χ1) is 10.8. The molecule has 0 amide bonds. The van der Waals surface area contributed by atoms with Crippen LogP contribution in [0, 0.1) is 0 Å². The molecule has 1 aliphatic heterocycles. The van der Waals surface area contributed by atoms with Crippen molar-refractivity contribution in [3.8, 4) is 0 Å². The third-order valence-electron chi connectivity index (χ3n) is 4.81. The number of nitrogens with zero attached hydrogens (tertiary/aromatic N) is 2. The van der Waals surface area contributed by atoms with Crippen LogP contribution in [0.25, 0.3) is 10.9 Å². The second-order valence-corrected chi connectivity index (χ2v) is 8.50. The first-order valence-corrected chi connectivity index (χ1v) is 9.82. The van der Waals surface area contributed by atoms with Gasteiger partial charge in [0.25, 0.3) is 0 Å². The molecule has 0 bridgehead atoms.